The van der Waals surface area contributed by atoms with Crippen LogP contribution in [0, 0.1) is 0 Å². The fourth-order valence-corrected chi connectivity index (χ4v) is 3.68. The second-order valence-corrected chi connectivity index (χ2v) is 6.73. The molecule has 25 heavy (non-hydrogen) atoms. The molecule has 6 nitrogen and oxygen atoms in total. The molecule has 1 unspecified atom stereocenters. The zero-order valence-corrected chi connectivity index (χ0v) is 14.3. The predicted molar refractivity (Wildman–Crippen MR) is 97.3 cm³/mol. The number of amides is 2. The normalized spacial score (nSPS) is 20.8. The van der Waals surface area contributed by atoms with E-state index in [1.54, 1.807) is 6.07 Å². The largest absolute Gasteiger partial charge is 0.323 e. The molecule has 1 aromatic carbocycles. The molecule has 2 saturated heterocycles. The van der Waals surface area contributed by atoms with Crippen LogP contribution in [0.15, 0.2) is 42.5 Å². The van der Waals surface area contributed by atoms with Crippen molar-refractivity contribution in [2.45, 2.75) is 25.3 Å². The van der Waals surface area contributed by atoms with E-state index < -0.39 is 0 Å². The van der Waals surface area contributed by atoms with Crippen LogP contribution in [0.3, 0.4) is 0 Å². The maximum absolute atomic E-state index is 12.5. The van der Waals surface area contributed by atoms with Gasteiger partial charge in [0.05, 0.1) is 5.69 Å². The van der Waals surface area contributed by atoms with E-state index in [-0.39, 0.29) is 6.03 Å². The SMILES string of the molecule is O=C(Nc1ccc(-c2ccccc2)nn1)N1CCC(N2CCCC2)C1. The summed E-state index contributed by atoms with van der Waals surface area (Å²) in [7, 11) is 0. The van der Waals surface area contributed by atoms with Gasteiger partial charge in [0.15, 0.2) is 5.82 Å². The van der Waals surface area contributed by atoms with E-state index in [0.29, 0.717) is 11.9 Å². The summed E-state index contributed by atoms with van der Waals surface area (Å²) in [5.74, 6) is 0.495. The number of nitrogens with one attached hydrogen (secondary N) is 1. The summed E-state index contributed by atoms with van der Waals surface area (Å²) in [6.45, 7) is 3.96. The van der Waals surface area contributed by atoms with Crippen molar-refractivity contribution in [2.75, 3.05) is 31.5 Å². The summed E-state index contributed by atoms with van der Waals surface area (Å²) in [6.07, 6.45) is 3.63. The van der Waals surface area contributed by atoms with E-state index in [1.165, 1.54) is 25.9 Å². The Morgan fingerprint density at radius 2 is 1.80 bits per heavy atom. The average molecular weight is 337 g/mol. The van der Waals surface area contributed by atoms with Gasteiger partial charge >= 0.3 is 6.03 Å². The molecule has 0 saturated carbocycles. The first kappa shape index (κ1) is 16.0. The van der Waals surface area contributed by atoms with Crippen LogP contribution in [0.25, 0.3) is 11.3 Å². The van der Waals surface area contributed by atoms with Crippen molar-refractivity contribution in [3.8, 4) is 11.3 Å². The molecular formula is C19H23N5O. The highest BCUT2D eigenvalue weighted by Crippen LogP contribution is 2.21. The Hall–Kier alpha value is -2.47. The summed E-state index contributed by atoms with van der Waals surface area (Å²) in [5, 5.41) is 11.2. The summed E-state index contributed by atoms with van der Waals surface area (Å²) in [6, 6.07) is 14.0. The van der Waals surface area contributed by atoms with Crippen molar-refractivity contribution in [1.29, 1.82) is 0 Å². The Morgan fingerprint density at radius 3 is 2.52 bits per heavy atom. The lowest BCUT2D eigenvalue weighted by atomic mass is 10.1. The number of urea groups is 1. The summed E-state index contributed by atoms with van der Waals surface area (Å²) < 4.78 is 0. The van der Waals surface area contributed by atoms with Gasteiger partial charge in [-0.15, -0.1) is 10.2 Å². The standard InChI is InChI=1S/C19H23N5O/c25-19(24-13-10-16(14-24)23-11-4-5-12-23)20-18-9-8-17(21-22-18)15-6-2-1-3-7-15/h1-3,6-9,16H,4-5,10-14H2,(H,20,22,25). The van der Waals surface area contributed by atoms with E-state index in [0.717, 1.165) is 30.8 Å². The highest BCUT2D eigenvalue weighted by molar-refractivity contribution is 5.88. The molecule has 0 bridgehead atoms. The molecule has 1 atom stereocenters. The highest BCUT2D eigenvalue weighted by Gasteiger charge is 2.31. The molecular weight excluding hydrogens is 314 g/mol. The quantitative estimate of drug-likeness (QED) is 0.935. The van der Waals surface area contributed by atoms with E-state index in [1.807, 2.05) is 41.3 Å². The maximum atomic E-state index is 12.5. The van der Waals surface area contributed by atoms with Crippen molar-refractivity contribution in [2.24, 2.45) is 0 Å². The van der Waals surface area contributed by atoms with E-state index in [9.17, 15) is 4.79 Å². The molecule has 130 valence electrons. The van der Waals surface area contributed by atoms with Crippen LogP contribution in [0.1, 0.15) is 19.3 Å². The van der Waals surface area contributed by atoms with Crippen LogP contribution in [-0.4, -0.2) is 58.2 Å². The molecule has 6 heteroatoms. The smallest absolute Gasteiger partial charge is 0.323 e. The number of carbonyl (C=O) groups excluding carboxylic acids is 1. The van der Waals surface area contributed by atoms with Gasteiger partial charge < -0.3 is 4.90 Å². The summed E-state index contributed by atoms with van der Waals surface area (Å²) in [5.41, 5.74) is 1.81. The number of hydrogen-bond acceptors (Lipinski definition) is 4. The lowest BCUT2D eigenvalue weighted by molar-refractivity contribution is 0.210. The van der Waals surface area contributed by atoms with E-state index in [4.69, 9.17) is 0 Å². The predicted octanol–water partition coefficient (Wildman–Crippen LogP) is 2.85. The number of likely N-dealkylation sites (tertiary alicyclic amines) is 2. The van der Waals surface area contributed by atoms with Crippen LogP contribution in [0.4, 0.5) is 10.6 Å². The number of aromatic nitrogens is 2. The molecule has 2 amide bonds. The van der Waals surface area contributed by atoms with Crippen LogP contribution < -0.4 is 5.32 Å². The van der Waals surface area contributed by atoms with Crippen LogP contribution in [-0.2, 0) is 0 Å². The maximum Gasteiger partial charge on any atom is 0.323 e. The van der Waals surface area contributed by atoms with Gasteiger partial charge in [0, 0.05) is 24.7 Å². The average Bonchev–Trinajstić information content (AvgIpc) is 3.35. The number of nitrogens with zero attached hydrogens (tertiary/aromatic N) is 4. The van der Waals surface area contributed by atoms with E-state index >= 15 is 0 Å². The number of benzene rings is 1. The molecule has 1 N–H and O–H groups in total. The molecule has 2 aromatic rings. The second-order valence-electron chi connectivity index (χ2n) is 6.73. The molecule has 1 aromatic heterocycles. The minimum absolute atomic E-state index is 0.0801. The molecule has 0 radical (unpaired) electrons. The minimum Gasteiger partial charge on any atom is -0.323 e. The Morgan fingerprint density at radius 1 is 1.00 bits per heavy atom. The fourth-order valence-electron chi connectivity index (χ4n) is 3.68. The molecule has 2 fully saturated rings. The molecule has 3 heterocycles. The van der Waals surface area contributed by atoms with Gasteiger partial charge in [-0.05, 0) is 44.5 Å². The van der Waals surface area contributed by atoms with Gasteiger partial charge in [-0.2, -0.15) is 0 Å². The van der Waals surface area contributed by atoms with Crippen molar-refractivity contribution < 1.29 is 4.79 Å². The molecule has 2 aliphatic rings. The van der Waals surface area contributed by atoms with Crippen molar-refractivity contribution in [1.82, 2.24) is 20.0 Å². The number of anilines is 1. The van der Waals surface area contributed by atoms with Crippen molar-refractivity contribution in [3.05, 3.63) is 42.5 Å². The van der Waals surface area contributed by atoms with Gasteiger partial charge in [-0.25, -0.2) is 4.79 Å². The second kappa shape index (κ2) is 7.19. The molecule has 0 aliphatic carbocycles. The Balaban J connectivity index is 1.35. The Kier molecular flexibility index (Phi) is 4.61. The minimum atomic E-state index is -0.0801. The van der Waals surface area contributed by atoms with Gasteiger partial charge in [0.2, 0.25) is 0 Å². The van der Waals surface area contributed by atoms with Crippen molar-refractivity contribution >= 4 is 11.8 Å². The van der Waals surface area contributed by atoms with Crippen LogP contribution >= 0.6 is 0 Å². The van der Waals surface area contributed by atoms with Gasteiger partial charge in [-0.3, -0.25) is 10.2 Å². The van der Waals surface area contributed by atoms with Crippen LogP contribution in [0.5, 0.6) is 0 Å². The highest BCUT2D eigenvalue weighted by atomic mass is 16.2. The zero-order chi connectivity index (χ0) is 17.1. The lowest BCUT2D eigenvalue weighted by Crippen LogP contribution is -2.38. The van der Waals surface area contributed by atoms with Gasteiger partial charge in [0.25, 0.3) is 0 Å². The van der Waals surface area contributed by atoms with Crippen LogP contribution in [0.2, 0.25) is 0 Å². The first-order valence-electron chi connectivity index (χ1n) is 8.99. The van der Waals surface area contributed by atoms with E-state index in [2.05, 4.69) is 20.4 Å². The third kappa shape index (κ3) is 3.64. The topological polar surface area (TPSA) is 61.4 Å². The zero-order valence-electron chi connectivity index (χ0n) is 14.3. The summed E-state index contributed by atoms with van der Waals surface area (Å²) >= 11 is 0. The third-order valence-electron chi connectivity index (χ3n) is 5.08. The summed E-state index contributed by atoms with van der Waals surface area (Å²) in [4.78, 5) is 16.9. The first-order valence-corrected chi connectivity index (χ1v) is 8.99. The number of carbonyl (C=O) groups is 1. The molecule has 2 aliphatic heterocycles. The third-order valence-corrected chi connectivity index (χ3v) is 5.08. The first-order chi connectivity index (χ1) is 12.3. The van der Waals surface area contributed by atoms with Crippen molar-refractivity contribution in [3.63, 3.8) is 0 Å². The number of hydrogen-bond donors (Lipinski definition) is 1. The fraction of sp³-hybridized carbons (Fsp3) is 0.421. The molecule has 0 spiro atoms. The number of rotatable bonds is 3. The van der Waals surface area contributed by atoms with Gasteiger partial charge in [0.1, 0.15) is 0 Å². The monoisotopic (exact) mass is 337 g/mol. The lowest BCUT2D eigenvalue weighted by Gasteiger charge is -2.23. The Labute approximate surface area is 147 Å². The Bertz CT molecular complexity index is 712. The molecule has 4 rings (SSSR count). The van der Waals surface area contributed by atoms with Gasteiger partial charge in [-0.1, -0.05) is 30.3 Å².